The molecule has 0 unspecified atom stereocenters. The molecule has 1 aromatic heterocycles. The Balaban J connectivity index is 2.07. The highest BCUT2D eigenvalue weighted by molar-refractivity contribution is 7.80. The number of fused-ring (bicyclic) bond motifs is 1. The molecule has 0 aliphatic heterocycles. The van der Waals surface area contributed by atoms with E-state index in [2.05, 4.69) is 18.3 Å². The molecule has 3 nitrogen and oxygen atoms in total. The molecule has 0 fully saturated rings. The highest BCUT2D eigenvalue weighted by atomic mass is 32.1. The number of anilines is 1. The predicted molar refractivity (Wildman–Crippen MR) is 89.4 cm³/mol. The van der Waals surface area contributed by atoms with Crippen molar-refractivity contribution >= 4 is 23.0 Å². The van der Waals surface area contributed by atoms with Crippen LogP contribution in [0.15, 0.2) is 6.07 Å². The maximum absolute atomic E-state index is 5.85. The molecule has 1 aliphatic carbocycles. The summed E-state index contributed by atoms with van der Waals surface area (Å²) in [5.41, 5.74) is 9.32. The van der Waals surface area contributed by atoms with Gasteiger partial charge in [0.05, 0.1) is 5.56 Å². The van der Waals surface area contributed by atoms with Crippen molar-refractivity contribution in [1.82, 2.24) is 4.98 Å². The van der Waals surface area contributed by atoms with Gasteiger partial charge in [-0.05, 0) is 43.7 Å². The maximum Gasteiger partial charge on any atom is 0.136 e. The van der Waals surface area contributed by atoms with Crippen LogP contribution in [0.3, 0.4) is 0 Å². The zero-order valence-electron chi connectivity index (χ0n) is 12.4. The lowest BCUT2D eigenvalue weighted by molar-refractivity contribution is 0.665. The molecule has 0 radical (unpaired) electrons. The Hall–Kier alpha value is -1.16. The first-order valence-electron chi connectivity index (χ1n) is 7.79. The third-order valence-corrected chi connectivity index (χ3v) is 4.11. The smallest absolute Gasteiger partial charge is 0.136 e. The number of aromatic nitrogens is 1. The molecule has 0 atom stereocenters. The van der Waals surface area contributed by atoms with Crippen LogP contribution < -0.4 is 11.1 Å². The van der Waals surface area contributed by atoms with E-state index in [1.54, 1.807) is 0 Å². The lowest BCUT2D eigenvalue weighted by Crippen LogP contribution is -2.18. The summed E-state index contributed by atoms with van der Waals surface area (Å²) in [6.45, 7) is 3.17. The summed E-state index contributed by atoms with van der Waals surface area (Å²) in [5.74, 6) is 0.884. The van der Waals surface area contributed by atoms with Gasteiger partial charge in [0.2, 0.25) is 0 Å². The monoisotopic (exact) mass is 291 g/mol. The molecule has 0 saturated carbocycles. The van der Waals surface area contributed by atoms with E-state index in [0.29, 0.717) is 4.99 Å². The SMILES string of the molecule is CCCCCCNc1nc2c(cc1C(N)=S)CCCC2. The van der Waals surface area contributed by atoms with Gasteiger partial charge in [0.15, 0.2) is 0 Å². The largest absolute Gasteiger partial charge is 0.389 e. The summed E-state index contributed by atoms with van der Waals surface area (Å²) in [4.78, 5) is 5.22. The molecule has 0 amide bonds. The van der Waals surface area contributed by atoms with E-state index in [-0.39, 0.29) is 0 Å². The third kappa shape index (κ3) is 3.92. The van der Waals surface area contributed by atoms with Crippen molar-refractivity contribution in [1.29, 1.82) is 0 Å². The van der Waals surface area contributed by atoms with Gasteiger partial charge in [-0.15, -0.1) is 0 Å². The highest BCUT2D eigenvalue weighted by Gasteiger charge is 2.16. The van der Waals surface area contributed by atoms with Crippen molar-refractivity contribution < 1.29 is 0 Å². The summed E-state index contributed by atoms with van der Waals surface area (Å²) in [7, 11) is 0. The van der Waals surface area contributed by atoms with Gasteiger partial charge in [-0.3, -0.25) is 0 Å². The molecule has 3 N–H and O–H groups in total. The van der Waals surface area contributed by atoms with Crippen molar-refractivity contribution in [3.63, 3.8) is 0 Å². The fraction of sp³-hybridized carbons (Fsp3) is 0.625. The Labute approximate surface area is 127 Å². The number of rotatable bonds is 7. The number of aryl methyl sites for hydroxylation is 2. The van der Waals surface area contributed by atoms with Crippen molar-refractivity contribution in [2.24, 2.45) is 5.73 Å². The van der Waals surface area contributed by atoms with Crippen molar-refractivity contribution in [3.8, 4) is 0 Å². The number of pyridine rings is 1. The van der Waals surface area contributed by atoms with Crippen molar-refractivity contribution in [3.05, 3.63) is 22.9 Å². The average Bonchev–Trinajstić information content (AvgIpc) is 2.46. The first-order chi connectivity index (χ1) is 9.72. The second-order valence-corrected chi connectivity index (χ2v) is 5.99. The minimum atomic E-state index is 0.446. The molecule has 0 aromatic carbocycles. The van der Waals surface area contributed by atoms with E-state index in [1.807, 2.05) is 0 Å². The number of hydrogen-bond donors (Lipinski definition) is 2. The van der Waals surface area contributed by atoms with Gasteiger partial charge in [0.1, 0.15) is 10.8 Å². The van der Waals surface area contributed by atoms with Gasteiger partial charge in [0, 0.05) is 12.2 Å². The molecule has 0 saturated heterocycles. The Morgan fingerprint density at radius 2 is 2.10 bits per heavy atom. The molecule has 2 rings (SSSR count). The highest BCUT2D eigenvalue weighted by Crippen LogP contribution is 2.24. The fourth-order valence-electron chi connectivity index (χ4n) is 2.71. The molecule has 1 aromatic rings. The molecular formula is C16H25N3S. The Morgan fingerprint density at radius 3 is 2.85 bits per heavy atom. The fourth-order valence-corrected chi connectivity index (χ4v) is 2.87. The molecule has 0 spiro atoms. The van der Waals surface area contributed by atoms with Crippen LogP contribution >= 0.6 is 12.2 Å². The van der Waals surface area contributed by atoms with E-state index in [1.165, 1.54) is 49.8 Å². The first kappa shape index (κ1) is 15.2. The predicted octanol–water partition coefficient (Wildman–Crippen LogP) is 3.59. The summed E-state index contributed by atoms with van der Waals surface area (Å²) < 4.78 is 0. The van der Waals surface area contributed by atoms with Crippen molar-refractivity contribution in [2.45, 2.75) is 58.3 Å². The lowest BCUT2D eigenvalue weighted by Gasteiger charge is -2.19. The van der Waals surface area contributed by atoms with E-state index in [4.69, 9.17) is 22.9 Å². The van der Waals surface area contributed by atoms with Crippen LogP contribution in [-0.2, 0) is 12.8 Å². The number of hydrogen-bond acceptors (Lipinski definition) is 3. The van der Waals surface area contributed by atoms with Crippen LogP contribution in [0.5, 0.6) is 0 Å². The van der Waals surface area contributed by atoms with Crippen LogP contribution in [0.1, 0.15) is 62.3 Å². The number of nitrogens with one attached hydrogen (secondary N) is 1. The standard InChI is InChI=1S/C16H25N3S/c1-2-3-4-7-10-18-16-13(15(17)20)11-12-8-5-6-9-14(12)19-16/h11H,2-10H2,1H3,(H2,17,20)(H,18,19). The zero-order valence-corrected chi connectivity index (χ0v) is 13.2. The van der Waals surface area contributed by atoms with E-state index in [0.717, 1.165) is 30.8 Å². The van der Waals surface area contributed by atoms with Crippen LogP contribution in [0.25, 0.3) is 0 Å². The number of thiocarbonyl (C=S) groups is 1. The Bertz CT molecular complexity index is 471. The second kappa shape index (κ2) is 7.58. The molecule has 4 heteroatoms. The summed E-state index contributed by atoms with van der Waals surface area (Å²) in [5, 5.41) is 3.43. The molecule has 1 heterocycles. The topological polar surface area (TPSA) is 50.9 Å². The zero-order chi connectivity index (χ0) is 14.4. The maximum atomic E-state index is 5.85. The Kier molecular flexibility index (Phi) is 5.77. The summed E-state index contributed by atoms with van der Waals surface area (Å²) >= 11 is 5.17. The first-order valence-corrected chi connectivity index (χ1v) is 8.19. The second-order valence-electron chi connectivity index (χ2n) is 5.55. The van der Waals surface area contributed by atoms with Gasteiger partial charge < -0.3 is 11.1 Å². The summed E-state index contributed by atoms with van der Waals surface area (Å²) in [6, 6.07) is 2.15. The number of nitrogens with zero attached hydrogens (tertiary/aromatic N) is 1. The van der Waals surface area contributed by atoms with E-state index in [9.17, 15) is 0 Å². The number of nitrogens with two attached hydrogens (primary N) is 1. The quantitative estimate of drug-likeness (QED) is 0.595. The minimum Gasteiger partial charge on any atom is -0.389 e. The normalized spacial score (nSPS) is 13.8. The molecular weight excluding hydrogens is 266 g/mol. The van der Waals surface area contributed by atoms with Gasteiger partial charge >= 0.3 is 0 Å². The van der Waals surface area contributed by atoms with Gasteiger partial charge in [-0.25, -0.2) is 4.98 Å². The Morgan fingerprint density at radius 1 is 1.30 bits per heavy atom. The van der Waals surface area contributed by atoms with Crippen molar-refractivity contribution in [2.75, 3.05) is 11.9 Å². The van der Waals surface area contributed by atoms with Crippen LogP contribution in [0.4, 0.5) is 5.82 Å². The van der Waals surface area contributed by atoms with E-state index < -0.39 is 0 Å². The molecule has 110 valence electrons. The average molecular weight is 291 g/mol. The van der Waals surface area contributed by atoms with Gasteiger partial charge in [0.25, 0.3) is 0 Å². The molecule has 0 bridgehead atoms. The van der Waals surface area contributed by atoms with Crippen LogP contribution in [0, 0.1) is 0 Å². The minimum absolute atomic E-state index is 0.446. The summed E-state index contributed by atoms with van der Waals surface area (Å²) in [6.07, 6.45) is 9.65. The number of unbranched alkanes of at least 4 members (excludes halogenated alkanes) is 3. The molecule has 1 aliphatic rings. The van der Waals surface area contributed by atoms with Crippen LogP contribution in [0.2, 0.25) is 0 Å². The van der Waals surface area contributed by atoms with Crippen LogP contribution in [-0.4, -0.2) is 16.5 Å². The van der Waals surface area contributed by atoms with E-state index >= 15 is 0 Å². The van der Waals surface area contributed by atoms with Gasteiger partial charge in [-0.2, -0.15) is 0 Å². The molecule has 20 heavy (non-hydrogen) atoms. The lowest BCUT2D eigenvalue weighted by atomic mass is 9.94. The third-order valence-electron chi connectivity index (χ3n) is 3.89. The van der Waals surface area contributed by atoms with Gasteiger partial charge in [-0.1, -0.05) is 38.4 Å².